The van der Waals surface area contributed by atoms with E-state index in [1.807, 2.05) is 0 Å². The summed E-state index contributed by atoms with van der Waals surface area (Å²) in [6.07, 6.45) is 0.542. The number of nitrogens with zero attached hydrogens (tertiary/aromatic N) is 8. The average Bonchev–Trinajstić information content (AvgIpc) is 4.08. The zero-order valence-corrected chi connectivity index (χ0v) is 43.4. The van der Waals surface area contributed by atoms with Crippen molar-refractivity contribution in [2.24, 2.45) is 16.2 Å². The first-order chi connectivity index (χ1) is 33.0. The minimum atomic E-state index is -4.27. The van der Waals surface area contributed by atoms with Crippen molar-refractivity contribution in [1.29, 1.82) is 0 Å². The molecule has 0 spiro atoms. The van der Waals surface area contributed by atoms with E-state index < -0.39 is 36.1 Å². The maximum absolute atomic E-state index is 12.4. The summed E-state index contributed by atoms with van der Waals surface area (Å²) in [6, 6.07) is 14.0. The van der Waals surface area contributed by atoms with Crippen molar-refractivity contribution in [3.63, 3.8) is 0 Å². The number of carbonyl (C=O) groups is 3. The Morgan fingerprint density at radius 3 is 1.41 bits per heavy atom. The molecule has 0 fully saturated rings. The molecule has 2 N–H and O–H groups in total. The monoisotopic (exact) mass is 1070 g/mol. The molecule has 0 radical (unpaired) electrons. The fourth-order valence-electron chi connectivity index (χ4n) is 4.67. The highest BCUT2D eigenvalue weighted by atomic mass is 35.5. The minimum Gasteiger partial charge on any atom is -0.478 e. The van der Waals surface area contributed by atoms with Crippen molar-refractivity contribution < 1.29 is 56.3 Å². The molecule has 0 saturated carbocycles. The Kier molecular flexibility index (Phi) is 21.9. The molecule has 0 aliphatic rings. The highest BCUT2D eigenvalue weighted by Gasteiger charge is 2.48. The number of carbonyl (C=O) groups excluding carboxylic acids is 2. The maximum Gasteiger partial charge on any atom is 0.397 e. The van der Waals surface area contributed by atoms with Crippen LogP contribution in [0.15, 0.2) is 73.2 Å². The highest BCUT2D eigenvalue weighted by Crippen LogP contribution is 2.37. The first-order valence-electron chi connectivity index (χ1n) is 21.3. The van der Waals surface area contributed by atoms with Crippen LogP contribution in [-0.2, 0) is 9.47 Å². The van der Waals surface area contributed by atoms with Gasteiger partial charge in [-0.25, -0.2) is 43.8 Å². The molecular formula is C46H54Cl4F3N9O9. The second-order valence-corrected chi connectivity index (χ2v) is 19.2. The number of aromatic nitrogens is 9. The van der Waals surface area contributed by atoms with E-state index in [0.717, 1.165) is 13.8 Å². The van der Waals surface area contributed by atoms with Crippen LogP contribution in [0.1, 0.15) is 100 Å². The molecule has 386 valence electrons. The molecule has 0 amide bonds. The Bertz CT molecular complexity index is 2670. The summed E-state index contributed by atoms with van der Waals surface area (Å²) in [4.78, 5) is 45.7. The predicted molar refractivity (Wildman–Crippen MR) is 260 cm³/mol. The number of esters is 2. The lowest BCUT2D eigenvalue weighted by molar-refractivity contribution is -0.219. The van der Waals surface area contributed by atoms with Gasteiger partial charge < -0.3 is 28.8 Å². The summed E-state index contributed by atoms with van der Waals surface area (Å²) < 4.78 is 65.9. The Morgan fingerprint density at radius 1 is 0.606 bits per heavy atom. The third-order valence-corrected chi connectivity index (χ3v) is 9.51. The molecular weight excluding hydrogens is 1020 g/mol. The lowest BCUT2D eigenvalue weighted by Gasteiger charge is -2.26. The van der Waals surface area contributed by atoms with E-state index in [2.05, 4.69) is 76.9 Å². The molecule has 25 heteroatoms. The summed E-state index contributed by atoms with van der Waals surface area (Å²) in [6.45, 7) is 19.3. The van der Waals surface area contributed by atoms with Crippen molar-refractivity contribution in [3.8, 4) is 29.3 Å². The molecule has 0 aliphatic carbocycles. The van der Waals surface area contributed by atoms with E-state index >= 15 is 0 Å². The quantitative estimate of drug-likeness (QED) is 0.0765. The van der Waals surface area contributed by atoms with Gasteiger partial charge in [0.2, 0.25) is 17.6 Å². The van der Waals surface area contributed by atoms with Gasteiger partial charge in [0.25, 0.3) is 0 Å². The Hall–Kier alpha value is -6.16. The van der Waals surface area contributed by atoms with E-state index in [1.165, 1.54) is 41.2 Å². The number of hydrogen-bond donors (Lipinski definition) is 2. The van der Waals surface area contributed by atoms with E-state index in [1.54, 1.807) is 55.2 Å². The highest BCUT2D eigenvalue weighted by molar-refractivity contribution is 6.34. The number of halogens is 7. The van der Waals surface area contributed by atoms with Gasteiger partial charge in [-0.1, -0.05) is 87.9 Å². The van der Waals surface area contributed by atoms with E-state index in [4.69, 9.17) is 75.2 Å². The van der Waals surface area contributed by atoms with Crippen molar-refractivity contribution >= 4 is 64.3 Å². The van der Waals surface area contributed by atoms with Crippen molar-refractivity contribution in [1.82, 2.24) is 44.7 Å². The molecule has 0 atom stereocenters. The lowest BCUT2D eigenvalue weighted by Crippen LogP contribution is -2.37. The van der Waals surface area contributed by atoms with Crippen LogP contribution in [0.5, 0.6) is 17.6 Å². The number of carboxylic acid groups (broad SMARTS) is 1. The van der Waals surface area contributed by atoms with Gasteiger partial charge in [-0.3, -0.25) is 0 Å². The van der Waals surface area contributed by atoms with Crippen LogP contribution in [0.25, 0.3) is 11.6 Å². The van der Waals surface area contributed by atoms with Crippen LogP contribution in [0.3, 0.4) is 0 Å². The molecule has 18 nitrogen and oxygen atoms in total. The van der Waals surface area contributed by atoms with Crippen LogP contribution in [0.4, 0.5) is 13.2 Å². The first kappa shape index (κ1) is 59.2. The molecule has 71 heavy (non-hydrogen) atoms. The molecule has 0 aromatic carbocycles. The van der Waals surface area contributed by atoms with Gasteiger partial charge >= 0.3 is 24.1 Å². The molecule has 0 bridgehead atoms. The third kappa shape index (κ3) is 19.9. The zero-order valence-electron chi connectivity index (χ0n) is 40.4. The van der Waals surface area contributed by atoms with E-state index in [-0.39, 0.29) is 60.6 Å². The largest absolute Gasteiger partial charge is 0.478 e. The number of H-pyrrole nitrogens is 1. The number of hydrogen-bond acceptors (Lipinski definition) is 14. The fraction of sp³-hybridized carbons (Fsp3) is 0.413. The average molecular weight is 1080 g/mol. The lowest BCUT2D eigenvalue weighted by atomic mass is 9.94. The topological polar surface area (TPSA) is 221 Å². The summed E-state index contributed by atoms with van der Waals surface area (Å²) in [7, 11) is 0. The third-order valence-electron chi connectivity index (χ3n) is 8.44. The Morgan fingerprint density at radius 2 is 1.04 bits per heavy atom. The number of ether oxygens (including phenoxy) is 5. The van der Waals surface area contributed by atoms with Crippen molar-refractivity contribution in [2.45, 2.75) is 75.4 Å². The Labute approximate surface area is 428 Å². The number of aromatic carboxylic acids is 1. The molecule has 0 aliphatic heterocycles. The molecule has 6 heterocycles. The summed E-state index contributed by atoms with van der Waals surface area (Å²) in [5.74, 6) is 0.0423. The second-order valence-electron chi connectivity index (χ2n) is 17.7. The smallest absolute Gasteiger partial charge is 0.397 e. The van der Waals surface area contributed by atoms with Crippen molar-refractivity contribution in [2.75, 3.05) is 33.0 Å². The fourth-order valence-corrected chi connectivity index (χ4v) is 5.55. The van der Waals surface area contributed by atoms with Gasteiger partial charge in [-0.05, 0) is 74.9 Å². The number of aromatic amines is 1. The maximum atomic E-state index is 12.4. The van der Waals surface area contributed by atoms with Gasteiger partial charge in [0, 0.05) is 30.6 Å². The number of alkyl halides is 3. The van der Waals surface area contributed by atoms with Gasteiger partial charge in [0.05, 0.1) is 54.7 Å². The SMILES string of the molecule is CC(C)(C)COc1ccn(-c2ccc(C(=O)O)c(Cl)n2)n1.CC(C)(COc1ccn[nH]1)C(F)(F)F.CCOC(=O)c1ccc(-n2ccc(OCC(C)(C)C)n2)nc1Cl.CCOC(=O)c1ccc(Cl)nc1Cl. The van der Waals surface area contributed by atoms with Gasteiger partial charge in [0.15, 0.2) is 11.6 Å². The van der Waals surface area contributed by atoms with Crippen LogP contribution < -0.4 is 14.2 Å². The van der Waals surface area contributed by atoms with Crippen molar-refractivity contribution in [3.05, 3.63) is 110 Å². The van der Waals surface area contributed by atoms with E-state index in [0.29, 0.717) is 43.2 Å². The summed E-state index contributed by atoms with van der Waals surface area (Å²) in [5, 5.41) is 23.7. The summed E-state index contributed by atoms with van der Waals surface area (Å²) in [5.41, 5.74) is -1.36. The first-order valence-corrected chi connectivity index (χ1v) is 22.8. The number of pyridine rings is 3. The van der Waals surface area contributed by atoms with E-state index in [9.17, 15) is 27.6 Å². The molecule has 0 saturated heterocycles. The molecule has 6 aromatic heterocycles. The molecule has 0 unspecified atom stereocenters. The molecule has 6 rings (SSSR count). The molecule has 6 aromatic rings. The van der Waals surface area contributed by atoms with Gasteiger partial charge in [-0.2, -0.15) is 18.3 Å². The minimum absolute atomic E-state index is 0.0362. The number of carboxylic acids is 1. The van der Waals surface area contributed by atoms with Crippen LogP contribution in [-0.4, -0.2) is 107 Å². The second kappa shape index (κ2) is 26.3. The van der Waals surface area contributed by atoms with Crippen LogP contribution in [0, 0.1) is 16.2 Å². The van der Waals surface area contributed by atoms with Crippen LogP contribution >= 0.6 is 46.4 Å². The van der Waals surface area contributed by atoms with Crippen LogP contribution in [0.2, 0.25) is 20.6 Å². The van der Waals surface area contributed by atoms with Gasteiger partial charge in [0.1, 0.15) is 27.2 Å². The number of rotatable bonds is 14. The Balaban J connectivity index is 0.000000257. The normalized spacial score (nSPS) is 11.4. The van der Waals surface area contributed by atoms with Gasteiger partial charge in [-0.15, -0.1) is 10.2 Å². The number of nitrogens with one attached hydrogen (secondary N) is 1. The standard InChI is InChI=1S/C16H20ClN3O3.C14H16ClN3O3.C8H7Cl2NO2.C8H11F3N2O/c1-5-22-15(21)11-6-7-12(18-14(11)17)20-9-8-13(19-20)23-10-16(2,3)4;1-14(2,3)8-21-11-6-7-18(17-11)10-5-4-9(13(19)20)12(15)16-10;1-2-13-8(12)5-3-4-6(9)11-7(5)10;1-7(2,8(9,10)11)5-14-6-3-4-12-13-6/h6-9H,5,10H2,1-4H3;4-7H,8H2,1-3H3,(H,19,20);3-4H,2H2,1H3;3-4H,5H2,1-2H3,(H,12,13). The zero-order chi connectivity index (χ0) is 53.3. The summed E-state index contributed by atoms with van der Waals surface area (Å²) >= 11 is 23.1. The predicted octanol–water partition coefficient (Wildman–Crippen LogP) is 11.5.